The Morgan fingerprint density at radius 1 is 1.07 bits per heavy atom. The van der Waals surface area contributed by atoms with Crippen LogP contribution in [0.4, 0.5) is 5.69 Å². The first kappa shape index (κ1) is 22.2. The van der Waals surface area contributed by atoms with E-state index in [1.807, 2.05) is 58.2 Å². The molecule has 0 aliphatic rings. The predicted octanol–water partition coefficient (Wildman–Crippen LogP) is 2.77. The van der Waals surface area contributed by atoms with Crippen LogP contribution >= 0.6 is 23.2 Å². The highest BCUT2D eigenvalue weighted by molar-refractivity contribution is 6.42. The minimum absolute atomic E-state index is 0.0812. The smallest absolute Gasteiger partial charge is 0.278 e. The highest BCUT2D eigenvalue weighted by atomic mass is 35.5. The summed E-state index contributed by atoms with van der Waals surface area (Å²) in [5.41, 5.74) is 3.62. The summed E-state index contributed by atoms with van der Waals surface area (Å²) < 4.78 is 0. The molecule has 0 spiro atoms. The Kier molecular flexibility index (Phi) is 7.87. The molecule has 2 amide bonds. The number of halogens is 2. The Hall–Kier alpha value is -2.08. The maximum atomic E-state index is 12.4. The molecule has 0 saturated carbocycles. The Balaban J connectivity index is 1.89. The molecule has 0 saturated heterocycles. The van der Waals surface area contributed by atoms with E-state index in [-0.39, 0.29) is 24.4 Å². The van der Waals surface area contributed by atoms with Gasteiger partial charge in [0.25, 0.3) is 5.91 Å². The van der Waals surface area contributed by atoms with Gasteiger partial charge in [-0.2, -0.15) is 0 Å². The number of carbonyl (C=O) groups is 2. The van der Waals surface area contributed by atoms with Crippen LogP contribution in [-0.4, -0.2) is 31.4 Å². The quantitative estimate of drug-likeness (QED) is 0.642. The third-order valence-electron chi connectivity index (χ3n) is 4.80. The summed E-state index contributed by atoms with van der Waals surface area (Å²) in [7, 11) is 1.90. The lowest BCUT2D eigenvalue weighted by Gasteiger charge is -2.21. The Bertz CT molecular complexity index is 850. The average molecular weight is 423 g/mol. The average Bonchev–Trinajstić information content (AvgIpc) is 2.65. The summed E-state index contributed by atoms with van der Waals surface area (Å²) in [6, 6.07) is 10.9. The maximum Gasteiger partial charge on any atom is 0.278 e. The Morgan fingerprint density at radius 3 is 2.32 bits per heavy atom. The van der Waals surface area contributed by atoms with Gasteiger partial charge in [-0.05, 0) is 38.0 Å². The van der Waals surface area contributed by atoms with Gasteiger partial charge < -0.3 is 15.5 Å². The Morgan fingerprint density at radius 2 is 1.68 bits per heavy atom. The van der Waals surface area contributed by atoms with E-state index in [9.17, 15) is 9.59 Å². The van der Waals surface area contributed by atoms with Crippen LogP contribution in [0.1, 0.15) is 23.6 Å². The first-order chi connectivity index (χ1) is 13.2. The van der Waals surface area contributed by atoms with Crippen molar-refractivity contribution in [1.29, 1.82) is 0 Å². The fraction of sp³-hybridized carbons (Fsp3) is 0.333. The van der Waals surface area contributed by atoms with Crippen molar-refractivity contribution in [3.05, 3.63) is 63.1 Å². The summed E-state index contributed by atoms with van der Waals surface area (Å²) in [5, 5.41) is 6.56. The molecule has 2 rings (SSSR count). The van der Waals surface area contributed by atoms with Gasteiger partial charge in [-0.25, -0.2) is 0 Å². The molecule has 1 unspecified atom stereocenters. The van der Waals surface area contributed by atoms with Crippen molar-refractivity contribution in [2.75, 3.05) is 18.9 Å². The highest BCUT2D eigenvalue weighted by Gasteiger charge is 2.23. The molecular formula is C21H26Cl2N3O2+. The summed E-state index contributed by atoms with van der Waals surface area (Å²) in [5.74, 6) is -0.458. The second kappa shape index (κ2) is 9.92. The van der Waals surface area contributed by atoms with Crippen molar-refractivity contribution in [2.45, 2.75) is 33.4 Å². The summed E-state index contributed by atoms with van der Waals surface area (Å²) >= 11 is 12.3. The zero-order valence-electron chi connectivity index (χ0n) is 16.5. The molecule has 0 aliphatic carbocycles. The molecule has 0 bridgehead atoms. The van der Waals surface area contributed by atoms with Crippen molar-refractivity contribution in [1.82, 2.24) is 5.32 Å². The number of likely N-dealkylation sites (N-methyl/N-ethyl adjacent to an activating group) is 1. The molecule has 0 heterocycles. The molecule has 5 nitrogen and oxygen atoms in total. The van der Waals surface area contributed by atoms with Crippen molar-refractivity contribution < 1.29 is 14.5 Å². The number of nitrogens with one attached hydrogen (secondary N) is 3. The van der Waals surface area contributed by atoms with Crippen LogP contribution < -0.4 is 15.5 Å². The number of carbonyl (C=O) groups excluding carboxylic acids is 2. The minimum Gasteiger partial charge on any atom is -0.342 e. The molecule has 150 valence electrons. The number of hydrogen-bond donors (Lipinski definition) is 3. The molecule has 0 fully saturated rings. The van der Waals surface area contributed by atoms with E-state index in [4.69, 9.17) is 23.2 Å². The number of anilines is 1. The van der Waals surface area contributed by atoms with E-state index in [1.54, 1.807) is 6.07 Å². The lowest BCUT2D eigenvalue weighted by molar-refractivity contribution is -0.908. The minimum atomic E-state index is -0.358. The standard InChI is InChI=1S/C21H25Cl2N3O2/c1-13-7-5-8-14(2)20(13)25-18(27)11-24-21(28)15(3)26(4)12-16-9-6-10-17(22)19(16)23/h5-10,15H,11-12H2,1-4H3,(H,24,28)(H,25,27)/p+1/t15-/m0/s1. The van der Waals surface area contributed by atoms with Gasteiger partial charge in [-0.1, -0.05) is 53.5 Å². The van der Waals surface area contributed by atoms with Gasteiger partial charge in [0.1, 0.15) is 6.54 Å². The van der Waals surface area contributed by atoms with Crippen molar-refractivity contribution in [3.63, 3.8) is 0 Å². The summed E-state index contributed by atoms with van der Waals surface area (Å²) in [6.45, 7) is 6.14. The lowest BCUT2D eigenvalue weighted by atomic mass is 10.1. The van der Waals surface area contributed by atoms with E-state index in [0.29, 0.717) is 16.6 Å². The van der Waals surface area contributed by atoms with E-state index in [1.165, 1.54) is 0 Å². The van der Waals surface area contributed by atoms with Gasteiger partial charge in [0, 0.05) is 11.3 Å². The fourth-order valence-electron chi connectivity index (χ4n) is 2.88. The van der Waals surface area contributed by atoms with E-state index in [2.05, 4.69) is 10.6 Å². The molecule has 0 radical (unpaired) electrons. The second-order valence-corrected chi connectivity index (χ2v) is 7.78. The largest absolute Gasteiger partial charge is 0.342 e. The first-order valence-electron chi connectivity index (χ1n) is 9.09. The third-order valence-corrected chi connectivity index (χ3v) is 5.66. The van der Waals surface area contributed by atoms with E-state index in [0.717, 1.165) is 27.3 Å². The van der Waals surface area contributed by atoms with Crippen LogP contribution in [-0.2, 0) is 16.1 Å². The third kappa shape index (κ3) is 5.71. The second-order valence-electron chi connectivity index (χ2n) is 6.99. The highest BCUT2D eigenvalue weighted by Crippen LogP contribution is 2.24. The van der Waals surface area contributed by atoms with Gasteiger partial charge in [-0.15, -0.1) is 0 Å². The van der Waals surface area contributed by atoms with Gasteiger partial charge in [0.05, 0.1) is 23.6 Å². The number of aryl methyl sites for hydroxylation is 2. The SMILES string of the molecule is Cc1cccc(C)c1NC(=O)CNC(=O)[C@H](C)[NH+](C)Cc1cccc(Cl)c1Cl. The van der Waals surface area contributed by atoms with Crippen molar-refractivity contribution in [2.24, 2.45) is 0 Å². The Labute approximate surface area is 176 Å². The molecule has 28 heavy (non-hydrogen) atoms. The summed E-state index contributed by atoms with van der Waals surface area (Å²) in [4.78, 5) is 25.6. The number of hydrogen-bond acceptors (Lipinski definition) is 2. The van der Waals surface area contributed by atoms with Gasteiger partial charge in [0.15, 0.2) is 6.04 Å². The van der Waals surface area contributed by atoms with Crippen LogP contribution in [0, 0.1) is 13.8 Å². The first-order valence-corrected chi connectivity index (χ1v) is 9.85. The van der Waals surface area contributed by atoms with Crippen LogP contribution in [0.5, 0.6) is 0 Å². The molecule has 2 aromatic carbocycles. The van der Waals surface area contributed by atoms with Crippen LogP contribution in [0.3, 0.4) is 0 Å². The number of amides is 2. The fourth-order valence-corrected chi connectivity index (χ4v) is 3.26. The maximum absolute atomic E-state index is 12.4. The number of quaternary nitrogens is 1. The predicted molar refractivity (Wildman–Crippen MR) is 114 cm³/mol. The van der Waals surface area contributed by atoms with Gasteiger partial charge in [0.2, 0.25) is 5.91 Å². The number of benzene rings is 2. The van der Waals surface area contributed by atoms with E-state index < -0.39 is 0 Å². The lowest BCUT2D eigenvalue weighted by Crippen LogP contribution is -3.12. The topological polar surface area (TPSA) is 62.6 Å². The van der Waals surface area contributed by atoms with Crippen LogP contribution in [0.15, 0.2) is 36.4 Å². The van der Waals surface area contributed by atoms with Crippen LogP contribution in [0.25, 0.3) is 0 Å². The molecular weight excluding hydrogens is 397 g/mol. The normalized spacial score (nSPS) is 12.9. The molecule has 2 aromatic rings. The van der Waals surface area contributed by atoms with E-state index >= 15 is 0 Å². The van der Waals surface area contributed by atoms with Gasteiger partial charge in [-0.3, -0.25) is 9.59 Å². The molecule has 0 aliphatic heterocycles. The monoisotopic (exact) mass is 422 g/mol. The zero-order valence-corrected chi connectivity index (χ0v) is 18.0. The molecule has 0 aromatic heterocycles. The van der Waals surface area contributed by atoms with Gasteiger partial charge >= 0.3 is 0 Å². The molecule has 3 N–H and O–H groups in total. The molecule has 7 heteroatoms. The van der Waals surface area contributed by atoms with Crippen LogP contribution in [0.2, 0.25) is 10.0 Å². The zero-order chi connectivity index (χ0) is 20.8. The van der Waals surface area contributed by atoms with Crippen molar-refractivity contribution >= 4 is 40.7 Å². The number of rotatable bonds is 7. The molecule has 2 atom stereocenters. The summed E-state index contributed by atoms with van der Waals surface area (Å²) in [6.07, 6.45) is 0. The van der Waals surface area contributed by atoms with Crippen molar-refractivity contribution in [3.8, 4) is 0 Å². The number of para-hydroxylation sites is 1.